The summed E-state index contributed by atoms with van der Waals surface area (Å²) in [4.78, 5) is 13.2. The summed E-state index contributed by atoms with van der Waals surface area (Å²) in [6.07, 6.45) is 3.42. The van der Waals surface area contributed by atoms with Gasteiger partial charge >= 0.3 is 0 Å². The molecule has 3 heteroatoms. The summed E-state index contributed by atoms with van der Waals surface area (Å²) >= 11 is 7.60. The van der Waals surface area contributed by atoms with Crippen LogP contribution in [0, 0.1) is 0 Å². The molecule has 0 aliphatic heterocycles. The summed E-state index contributed by atoms with van der Waals surface area (Å²) in [5.41, 5.74) is 1.66. The summed E-state index contributed by atoms with van der Waals surface area (Å²) in [6, 6.07) is 15.1. The van der Waals surface area contributed by atoms with Gasteiger partial charge in [-0.2, -0.15) is 0 Å². The van der Waals surface area contributed by atoms with Crippen LogP contribution in [0.3, 0.4) is 0 Å². The van der Waals surface area contributed by atoms with Crippen molar-refractivity contribution in [1.82, 2.24) is 0 Å². The fourth-order valence-electron chi connectivity index (χ4n) is 1.72. The molecule has 2 rings (SSSR count). The molecule has 0 amide bonds. The highest BCUT2D eigenvalue weighted by molar-refractivity contribution is 7.99. The van der Waals surface area contributed by atoms with E-state index in [0.717, 1.165) is 11.3 Å². The lowest BCUT2D eigenvalue weighted by molar-refractivity contribution is 0.104. The first kappa shape index (κ1) is 14.9. The van der Waals surface area contributed by atoms with Gasteiger partial charge in [0.1, 0.15) is 0 Å². The van der Waals surface area contributed by atoms with Crippen LogP contribution >= 0.6 is 23.4 Å². The van der Waals surface area contributed by atoms with Crippen molar-refractivity contribution in [2.24, 2.45) is 0 Å². The maximum absolute atomic E-state index is 12.0. The molecule has 0 aliphatic carbocycles. The molecule has 0 heterocycles. The molecular weight excluding hydrogens is 288 g/mol. The van der Waals surface area contributed by atoms with Gasteiger partial charge < -0.3 is 0 Å². The molecule has 0 radical (unpaired) electrons. The Balaban J connectivity index is 2.04. The zero-order chi connectivity index (χ0) is 14.4. The van der Waals surface area contributed by atoms with Crippen LogP contribution in [-0.4, -0.2) is 11.5 Å². The Labute approximate surface area is 128 Å². The average molecular weight is 303 g/mol. The van der Waals surface area contributed by atoms with Crippen LogP contribution in [-0.2, 0) is 0 Å². The normalized spacial score (nSPS) is 10.9. The third-order valence-corrected chi connectivity index (χ3v) is 3.89. The van der Waals surface area contributed by atoms with Crippen molar-refractivity contribution in [3.63, 3.8) is 0 Å². The highest BCUT2D eigenvalue weighted by atomic mass is 35.5. The lowest BCUT2D eigenvalue weighted by Crippen LogP contribution is -1.92. The number of hydrogen-bond acceptors (Lipinski definition) is 2. The van der Waals surface area contributed by atoms with Gasteiger partial charge in [-0.1, -0.05) is 36.7 Å². The van der Waals surface area contributed by atoms with Gasteiger partial charge in [0.25, 0.3) is 0 Å². The Kier molecular flexibility index (Phi) is 5.45. The average Bonchev–Trinajstić information content (AvgIpc) is 2.47. The van der Waals surface area contributed by atoms with Crippen LogP contribution in [0.4, 0.5) is 0 Å². The van der Waals surface area contributed by atoms with E-state index in [4.69, 9.17) is 11.6 Å². The molecular formula is C17H15ClOS. The van der Waals surface area contributed by atoms with E-state index in [1.807, 2.05) is 18.2 Å². The van der Waals surface area contributed by atoms with E-state index in [0.29, 0.717) is 10.6 Å². The minimum Gasteiger partial charge on any atom is -0.289 e. The number of ketones is 1. The monoisotopic (exact) mass is 302 g/mol. The van der Waals surface area contributed by atoms with Crippen molar-refractivity contribution >= 4 is 35.2 Å². The van der Waals surface area contributed by atoms with Gasteiger partial charge in [0.05, 0.1) is 0 Å². The number of carbonyl (C=O) groups is 1. The number of thioether (sulfide) groups is 1. The van der Waals surface area contributed by atoms with Gasteiger partial charge in [0.2, 0.25) is 0 Å². The first-order valence-corrected chi connectivity index (χ1v) is 7.76. The van der Waals surface area contributed by atoms with Crippen LogP contribution < -0.4 is 0 Å². The molecule has 0 fully saturated rings. The maximum Gasteiger partial charge on any atom is 0.185 e. The van der Waals surface area contributed by atoms with E-state index in [-0.39, 0.29) is 5.78 Å². The topological polar surface area (TPSA) is 17.1 Å². The molecule has 0 bridgehead atoms. The lowest BCUT2D eigenvalue weighted by Gasteiger charge is -1.99. The van der Waals surface area contributed by atoms with Gasteiger partial charge in [-0.3, -0.25) is 4.79 Å². The molecule has 1 nitrogen and oxygen atoms in total. The number of hydrogen-bond donors (Lipinski definition) is 0. The molecule has 0 N–H and O–H groups in total. The van der Waals surface area contributed by atoms with Crippen LogP contribution in [0.5, 0.6) is 0 Å². The lowest BCUT2D eigenvalue weighted by atomic mass is 10.1. The van der Waals surface area contributed by atoms with E-state index in [1.165, 1.54) is 4.90 Å². The van der Waals surface area contributed by atoms with Crippen molar-refractivity contribution in [2.75, 3.05) is 5.75 Å². The van der Waals surface area contributed by atoms with E-state index in [2.05, 4.69) is 19.1 Å². The second-order valence-corrected chi connectivity index (χ2v) is 5.98. The molecule has 0 atom stereocenters. The highest BCUT2D eigenvalue weighted by Crippen LogP contribution is 2.18. The Hall–Kier alpha value is -1.51. The zero-order valence-electron chi connectivity index (χ0n) is 11.2. The van der Waals surface area contributed by atoms with Crippen molar-refractivity contribution in [3.05, 3.63) is 70.8 Å². The molecule has 102 valence electrons. The first-order valence-electron chi connectivity index (χ1n) is 6.40. The molecule has 0 spiro atoms. The molecule has 0 aliphatic rings. The van der Waals surface area contributed by atoms with E-state index < -0.39 is 0 Å². The quantitative estimate of drug-likeness (QED) is 0.421. The standard InChI is InChI=1S/C17H15ClOS/c1-2-20-16-10-3-13(4-11-16)5-12-17(19)14-6-8-15(18)9-7-14/h3-12H,2H2,1H3. The van der Waals surface area contributed by atoms with Crippen molar-refractivity contribution < 1.29 is 4.79 Å². The SMILES string of the molecule is CCSc1ccc(C=CC(=O)c2ccc(Cl)cc2)cc1. The van der Waals surface area contributed by atoms with E-state index in [1.54, 1.807) is 42.1 Å². The van der Waals surface area contributed by atoms with Crippen LogP contribution in [0.15, 0.2) is 59.5 Å². The summed E-state index contributed by atoms with van der Waals surface area (Å²) in [5.74, 6) is 1.04. The van der Waals surface area contributed by atoms with Gasteiger partial charge in [0.15, 0.2) is 5.78 Å². The minimum atomic E-state index is -0.0197. The molecule has 0 saturated heterocycles. The van der Waals surface area contributed by atoms with Gasteiger partial charge in [-0.05, 0) is 53.8 Å². The van der Waals surface area contributed by atoms with Gasteiger partial charge in [0, 0.05) is 15.5 Å². The van der Waals surface area contributed by atoms with Gasteiger partial charge in [-0.25, -0.2) is 0 Å². The summed E-state index contributed by atoms with van der Waals surface area (Å²) in [7, 11) is 0. The first-order chi connectivity index (χ1) is 9.69. The Morgan fingerprint density at radius 1 is 1.10 bits per heavy atom. The number of rotatable bonds is 5. The number of benzene rings is 2. The largest absolute Gasteiger partial charge is 0.289 e. The Morgan fingerprint density at radius 3 is 2.35 bits per heavy atom. The van der Waals surface area contributed by atoms with Crippen molar-refractivity contribution in [2.45, 2.75) is 11.8 Å². The molecule has 2 aromatic rings. The van der Waals surface area contributed by atoms with Crippen LogP contribution in [0.2, 0.25) is 5.02 Å². The van der Waals surface area contributed by atoms with Crippen molar-refractivity contribution in [1.29, 1.82) is 0 Å². The minimum absolute atomic E-state index is 0.0197. The van der Waals surface area contributed by atoms with Gasteiger partial charge in [-0.15, -0.1) is 11.8 Å². The zero-order valence-corrected chi connectivity index (χ0v) is 12.7. The second kappa shape index (κ2) is 7.32. The highest BCUT2D eigenvalue weighted by Gasteiger charge is 2.01. The summed E-state index contributed by atoms with van der Waals surface area (Å²) < 4.78 is 0. The predicted octanol–water partition coefficient (Wildman–Crippen LogP) is 5.35. The molecule has 0 aromatic heterocycles. The number of carbonyl (C=O) groups excluding carboxylic acids is 1. The number of halogens is 1. The smallest absolute Gasteiger partial charge is 0.185 e. The van der Waals surface area contributed by atoms with Crippen LogP contribution in [0.1, 0.15) is 22.8 Å². The number of allylic oxidation sites excluding steroid dienone is 1. The molecule has 0 unspecified atom stereocenters. The second-order valence-electron chi connectivity index (χ2n) is 4.21. The summed E-state index contributed by atoms with van der Waals surface area (Å²) in [5, 5.41) is 0.634. The third kappa shape index (κ3) is 4.26. The molecule has 20 heavy (non-hydrogen) atoms. The molecule has 2 aromatic carbocycles. The summed E-state index contributed by atoms with van der Waals surface area (Å²) in [6.45, 7) is 2.13. The predicted molar refractivity (Wildman–Crippen MR) is 87.7 cm³/mol. The van der Waals surface area contributed by atoms with E-state index in [9.17, 15) is 4.79 Å². The van der Waals surface area contributed by atoms with E-state index >= 15 is 0 Å². The van der Waals surface area contributed by atoms with Crippen molar-refractivity contribution in [3.8, 4) is 0 Å². The maximum atomic E-state index is 12.0. The third-order valence-electron chi connectivity index (χ3n) is 2.75. The Bertz CT molecular complexity index is 600. The van der Waals surface area contributed by atoms with Crippen LogP contribution in [0.25, 0.3) is 6.08 Å². The Morgan fingerprint density at radius 2 is 1.75 bits per heavy atom. The fraction of sp³-hybridized carbons (Fsp3) is 0.118. The molecule has 0 saturated carbocycles. The fourth-order valence-corrected chi connectivity index (χ4v) is 2.51.